The summed E-state index contributed by atoms with van der Waals surface area (Å²) in [4.78, 5) is 0.494. The van der Waals surface area contributed by atoms with E-state index in [1.54, 1.807) is 0 Å². The van der Waals surface area contributed by atoms with Crippen molar-refractivity contribution in [2.45, 2.75) is 39.5 Å². The van der Waals surface area contributed by atoms with Crippen LogP contribution in [0, 0.1) is 0 Å². The molecular formula is C15H22ClNO2S. The molecule has 0 aliphatic rings. The molecule has 3 nitrogen and oxygen atoms in total. The van der Waals surface area contributed by atoms with Crippen molar-refractivity contribution in [1.29, 1.82) is 0 Å². The van der Waals surface area contributed by atoms with Gasteiger partial charge in [0.05, 0.1) is 23.2 Å². The molecule has 2 N–H and O–H groups in total. The predicted molar refractivity (Wildman–Crippen MR) is 88.1 cm³/mol. The van der Waals surface area contributed by atoms with Crippen molar-refractivity contribution in [2.75, 3.05) is 13.2 Å². The van der Waals surface area contributed by atoms with Gasteiger partial charge in [0.1, 0.15) is 11.5 Å². The van der Waals surface area contributed by atoms with Crippen LogP contribution in [0.3, 0.4) is 0 Å². The average molecular weight is 316 g/mol. The van der Waals surface area contributed by atoms with Crippen molar-refractivity contribution in [3.8, 4) is 11.5 Å². The lowest BCUT2D eigenvalue weighted by molar-refractivity contribution is 0.299. The van der Waals surface area contributed by atoms with Crippen LogP contribution in [0.4, 0.5) is 0 Å². The Morgan fingerprint density at radius 2 is 1.75 bits per heavy atom. The van der Waals surface area contributed by atoms with Crippen LogP contribution >= 0.6 is 23.8 Å². The topological polar surface area (TPSA) is 44.5 Å². The molecule has 0 bridgehead atoms. The van der Waals surface area contributed by atoms with Crippen molar-refractivity contribution >= 4 is 28.8 Å². The summed E-state index contributed by atoms with van der Waals surface area (Å²) in [5.41, 5.74) is 6.57. The largest absolute Gasteiger partial charge is 0.493 e. The number of nitrogens with two attached hydrogens (primary N) is 1. The highest BCUT2D eigenvalue weighted by atomic mass is 35.5. The molecule has 5 heteroatoms. The van der Waals surface area contributed by atoms with Crippen molar-refractivity contribution in [1.82, 2.24) is 0 Å². The maximum atomic E-state index is 6.24. The normalized spacial score (nSPS) is 10.3. The number of halogens is 1. The van der Waals surface area contributed by atoms with Crippen molar-refractivity contribution in [3.63, 3.8) is 0 Å². The Morgan fingerprint density at radius 3 is 2.30 bits per heavy atom. The molecule has 0 saturated carbocycles. The highest BCUT2D eigenvalue weighted by Crippen LogP contribution is 2.33. The summed E-state index contributed by atoms with van der Waals surface area (Å²) >= 11 is 11.2. The van der Waals surface area contributed by atoms with E-state index in [1.807, 2.05) is 12.1 Å². The third-order valence-corrected chi connectivity index (χ3v) is 3.18. The van der Waals surface area contributed by atoms with Crippen molar-refractivity contribution < 1.29 is 9.47 Å². The van der Waals surface area contributed by atoms with Crippen LogP contribution in [-0.4, -0.2) is 18.2 Å². The molecule has 0 aliphatic carbocycles. The molecule has 112 valence electrons. The van der Waals surface area contributed by atoms with Crippen LogP contribution in [-0.2, 0) is 6.42 Å². The molecule has 1 aromatic rings. The quantitative estimate of drug-likeness (QED) is 0.696. The number of aryl methyl sites for hydroxylation is 1. The first-order chi connectivity index (χ1) is 9.58. The summed E-state index contributed by atoms with van der Waals surface area (Å²) in [6.45, 7) is 5.42. The number of rotatable bonds is 9. The standard InChI is InChI=1S/C15H22ClNO2S/c1-3-7-18-13-10-14(19-8-4-2)12(16)9-11(13)5-6-15(17)20/h9-10H,3-8H2,1-2H3,(H2,17,20). The van der Waals surface area contributed by atoms with E-state index < -0.39 is 0 Å². The Bertz CT molecular complexity index is 452. The summed E-state index contributed by atoms with van der Waals surface area (Å²) in [7, 11) is 0. The van der Waals surface area contributed by atoms with Gasteiger partial charge in [-0.25, -0.2) is 0 Å². The second-order valence-electron chi connectivity index (χ2n) is 4.55. The Morgan fingerprint density at radius 1 is 1.15 bits per heavy atom. The number of hydrogen-bond acceptors (Lipinski definition) is 3. The molecule has 0 heterocycles. The van der Waals surface area contributed by atoms with E-state index in [2.05, 4.69) is 13.8 Å². The Labute approximate surface area is 131 Å². The second-order valence-corrected chi connectivity index (χ2v) is 5.49. The fourth-order valence-corrected chi connectivity index (χ4v) is 2.04. The minimum Gasteiger partial charge on any atom is -0.493 e. The van der Waals surface area contributed by atoms with Crippen LogP contribution < -0.4 is 15.2 Å². The fraction of sp³-hybridized carbons (Fsp3) is 0.533. The van der Waals surface area contributed by atoms with Gasteiger partial charge in [-0.05, 0) is 30.9 Å². The third kappa shape index (κ3) is 5.55. The summed E-state index contributed by atoms with van der Waals surface area (Å²) in [5.74, 6) is 1.47. The minimum absolute atomic E-state index is 0.494. The monoisotopic (exact) mass is 315 g/mol. The van der Waals surface area contributed by atoms with E-state index in [9.17, 15) is 0 Å². The van der Waals surface area contributed by atoms with Gasteiger partial charge in [-0.1, -0.05) is 37.7 Å². The first-order valence-electron chi connectivity index (χ1n) is 6.94. The number of ether oxygens (including phenoxy) is 2. The van der Waals surface area contributed by atoms with Gasteiger partial charge in [-0.2, -0.15) is 0 Å². The molecule has 0 atom stereocenters. The molecule has 1 rings (SSSR count). The maximum absolute atomic E-state index is 6.24. The zero-order valence-electron chi connectivity index (χ0n) is 12.1. The van der Waals surface area contributed by atoms with Crippen LogP contribution in [0.5, 0.6) is 11.5 Å². The van der Waals surface area contributed by atoms with E-state index in [0.29, 0.717) is 35.4 Å². The number of benzene rings is 1. The lowest BCUT2D eigenvalue weighted by Gasteiger charge is -2.15. The third-order valence-electron chi connectivity index (χ3n) is 2.68. The van der Waals surface area contributed by atoms with Gasteiger partial charge in [0, 0.05) is 12.5 Å². The summed E-state index contributed by atoms with van der Waals surface area (Å²) < 4.78 is 11.4. The first kappa shape index (κ1) is 17.1. The van der Waals surface area contributed by atoms with Crippen LogP contribution in [0.25, 0.3) is 0 Å². The van der Waals surface area contributed by atoms with E-state index >= 15 is 0 Å². The lowest BCUT2D eigenvalue weighted by Crippen LogP contribution is -2.09. The highest BCUT2D eigenvalue weighted by Gasteiger charge is 2.11. The highest BCUT2D eigenvalue weighted by molar-refractivity contribution is 7.80. The van der Waals surface area contributed by atoms with Crippen LogP contribution in [0.15, 0.2) is 12.1 Å². The van der Waals surface area contributed by atoms with Gasteiger partial charge in [0.25, 0.3) is 0 Å². The molecule has 0 fully saturated rings. The van der Waals surface area contributed by atoms with Gasteiger partial charge < -0.3 is 15.2 Å². The van der Waals surface area contributed by atoms with Crippen molar-refractivity contribution in [3.05, 3.63) is 22.7 Å². The summed E-state index contributed by atoms with van der Waals surface area (Å²) in [5, 5.41) is 0.597. The second kappa shape index (κ2) is 9.03. The lowest BCUT2D eigenvalue weighted by atomic mass is 10.1. The maximum Gasteiger partial charge on any atom is 0.141 e. The molecular weight excluding hydrogens is 294 g/mol. The fourth-order valence-electron chi connectivity index (χ4n) is 1.70. The van der Waals surface area contributed by atoms with Crippen LogP contribution in [0.2, 0.25) is 5.02 Å². The summed E-state index contributed by atoms with van der Waals surface area (Å²) in [6.07, 6.45) is 3.25. The van der Waals surface area contributed by atoms with E-state index in [0.717, 1.165) is 30.6 Å². The van der Waals surface area contributed by atoms with Gasteiger partial charge >= 0.3 is 0 Å². The van der Waals surface area contributed by atoms with Gasteiger partial charge in [0.2, 0.25) is 0 Å². The molecule has 0 radical (unpaired) electrons. The predicted octanol–water partition coefficient (Wildman–Crippen LogP) is 4.14. The van der Waals surface area contributed by atoms with Gasteiger partial charge in [-0.15, -0.1) is 0 Å². The molecule has 20 heavy (non-hydrogen) atoms. The molecule has 0 spiro atoms. The molecule has 1 aromatic carbocycles. The average Bonchev–Trinajstić information content (AvgIpc) is 2.42. The van der Waals surface area contributed by atoms with Crippen LogP contribution in [0.1, 0.15) is 38.7 Å². The Balaban J connectivity index is 2.94. The first-order valence-corrected chi connectivity index (χ1v) is 7.73. The molecule has 0 saturated heterocycles. The Hall–Kier alpha value is -1.00. The Kier molecular flexibility index (Phi) is 7.70. The van der Waals surface area contributed by atoms with Gasteiger partial charge in [0.15, 0.2) is 0 Å². The van der Waals surface area contributed by atoms with Gasteiger partial charge in [-0.3, -0.25) is 0 Å². The molecule has 0 unspecified atom stereocenters. The number of thiocarbonyl (C=S) groups is 1. The summed E-state index contributed by atoms with van der Waals surface area (Å²) in [6, 6.07) is 3.75. The van der Waals surface area contributed by atoms with E-state index in [4.69, 9.17) is 39.0 Å². The zero-order valence-corrected chi connectivity index (χ0v) is 13.6. The molecule has 0 amide bonds. The zero-order chi connectivity index (χ0) is 15.0. The molecule has 0 aliphatic heterocycles. The van der Waals surface area contributed by atoms with E-state index in [-0.39, 0.29) is 0 Å². The minimum atomic E-state index is 0.494. The SMILES string of the molecule is CCCOc1cc(OCCC)c(CCC(N)=S)cc1Cl. The number of hydrogen-bond donors (Lipinski definition) is 1. The smallest absolute Gasteiger partial charge is 0.141 e. The van der Waals surface area contributed by atoms with E-state index in [1.165, 1.54) is 0 Å². The molecule has 0 aromatic heterocycles. The van der Waals surface area contributed by atoms with Crippen molar-refractivity contribution in [2.24, 2.45) is 5.73 Å².